The van der Waals surface area contributed by atoms with Gasteiger partial charge in [-0.2, -0.15) is 0 Å². The number of fused-ring (bicyclic) bond motifs is 1. The number of nitrogens with zero attached hydrogens (tertiary/aromatic N) is 1. The van der Waals surface area contributed by atoms with Crippen molar-refractivity contribution < 1.29 is 14.3 Å². The fraction of sp³-hybridized carbons (Fsp3) is 0.294. The van der Waals surface area contributed by atoms with Gasteiger partial charge in [0.15, 0.2) is 11.5 Å². The van der Waals surface area contributed by atoms with Crippen LogP contribution in [0.4, 0.5) is 0 Å². The van der Waals surface area contributed by atoms with Crippen molar-refractivity contribution in [3.05, 3.63) is 57.5 Å². The largest absolute Gasteiger partial charge is 0.493 e. The van der Waals surface area contributed by atoms with E-state index in [2.05, 4.69) is 4.98 Å². The second kappa shape index (κ2) is 6.16. The van der Waals surface area contributed by atoms with Gasteiger partial charge in [-0.15, -0.1) is 0 Å². The third kappa shape index (κ3) is 2.79. The van der Waals surface area contributed by atoms with Crippen molar-refractivity contribution >= 4 is 5.91 Å². The van der Waals surface area contributed by atoms with Gasteiger partial charge in [-0.3, -0.25) is 9.59 Å². The van der Waals surface area contributed by atoms with Gasteiger partial charge in [0.2, 0.25) is 0 Å². The number of amides is 1. The van der Waals surface area contributed by atoms with E-state index in [9.17, 15) is 9.59 Å². The molecule has 1 aromatic heterocycles. The van der Waals surface area contributed by atoms with Gasteiger partial charge in [0.1, 0.15) is 5.56 Å². The number of carbonyl (C=O) groups is 1. The molecule has 2 heterocycles. The van der Waals surface area contributed by atoms with Crippen molar-refractivity contribution in [1.82, 2.24) is 9.88 Å². The van der Waals surface area contributed by atoms with Crippen LogP contribution in [0.1, 0.15) is 21.5 Å². The summed E-state index contributed by atoms with van der Waals surface area (Å²) in [5, 5.41) is 0. The molecule has 2 aromatic rings. The summed E-state index contributed by atoms with van der Waals surface area (Å²) in [4.78, 5) is 28.6. The minimum atomic E-state index is -0.365. The van der Waals surface area contributed by atoms with Crippen LogP contribution in [0.15, 0.2) is 35.3 Å². The van der Waals surface area contributed by atoms with Crippen molar-refractivity contribution in [1.29, 1.82) is 0 Å². The van der Waals surface area contributed by atoms with Crippen LogP contribution in [0.5, 0.6) is 11.5 Å². The second-order valence-electron chi connectivity index (χ2n) is 5.37. The molecule has 1 amide bonds. The highest BCUT2D eigenvalue weighted by Gasteiger charge is 2.24. The highest BCUT2D eigenvalue weighted by molar-refractivity contribution is 5.93. The highest BCUT2D eigenvalue weighted by Crippen LogP contribution is 2.33. The number of ether oxygens (including phenoxy) is 2. The van der Waals surface area contributed by atoms with Gasteiger partial charge in [0.25, 0.3) is 11.5 Å². The molecule has 6 heteroatoms. The zero-order chi connectivity index (χ0) is 16.4. The van der Waals surface area contributed by atoms with E-state index in [1.54, 1.807) is 31.3 Å². The van der Waals surface area contributed by atoms with E-state index in [-0.39, 0.29) is 17.0 Å². The Labute approximate surface area is 133 Å². The Morgan fingerprint density at radius 3 is 2.52 bits per heavy atom. The number of pyridine rings is 1. The first kappa shape index (κ1) is 15.1. The Morgan fingerprint density at radius 2 is 1.87 bits per heavy atom. The lowest BCUT2D eigenvalue weighted by Crippen LogP contribution is -2.38. The summed E-state index contributed by atoms with van der Waals surface area (Å²) in [7, 11) is 3.18. The van der Waals surface area contributed by atoms with Crippen LogP contribution >= 0.6 is 0 Å². The molecule has 0 bridgehead atoms. The number of nitrogens with one attached hydrogen (secondary N) is 1. The van der Waals surface area contributed by atoms with Crippen LogP contribution in [-0.2, 0) is 13.0 Å². The molecule has 0 atom stereocenters. The Kier molecular flexibility index (Phi) is 4.06. The average molecular weight is 314 g/mol. The predicted octanol–water partition coefficient (Wildman–Crippen LogP) is 1.59. The molecule has 0 saturated carbocycles. The van der Waals surface area contributed by atoms with E-state index in [4.69, 9.17) is 9.47 Å². The van der Waals surface area contributed by atoms with Crippen LogP contribution in [0.3, 0.4) is 0 Å². The van der Waals surface area contributed by atoms with E-state index in [1.807, 2.05) is 12.1 Å². The van der Waals surface area contributed by atoms with E-state index < -0.39 is 0 Å². The Balaban J connectivity index is 1.89. The van der Waals surface area contributed by atoms with Crippen LogP contribution in [0.2, 0.25) is 0 Å². The molecule has 1 aliphatic heterocycles. The fourth-order valence-corrected chi connectivity index (χ4v) is 2.82. The fourth-order valence-electron chi connectivity index (χ4n) is 2.82. The Hall–Kier alpha value is -2.76. The molecule has 1 aromatic carbocycles. The summed E-state index contributed by atoms with van der Waals surface area (Å²) in [5.74, 6) is 1.07. The average Bonchev–Trinajstić information content (AvgIpc) is 2.59. The summed E-state index contributed by atoms with van der Waals surface area (Å²) in [6, 6.07) is 7.04. The van der Waals surface area contributed by atoms with Gasteiger partial charge in [-0.05, 0) is 41.8 Å². The van der Waals surface area contributed by atoms with E-state index in [1.165, 1.54) is 6.20 Å². The molecule has 3 rings (SSSR count). The topological polar surface area (TPSA) is 71.6 Å². The number of rotatable bonds is 3. The van der Waals surface area contributed by atoms with Crippen molar-refractivity contribution in [3.63, 3.8) is 0 Å². The van der Waals surface area contributed by atoms with Gasteiger partial charge in [0.05, 0.1) is 14.2 Å². The molecular weight excluding hydrogens is 296 g/mol. The molecule has 23 heavy (non-hydrogen) atoms. The number of aromatic amines is 1. The Morgan fingerprint density at radius 1 is 1.17 bits per heavy atom. The quantitative estimate of drug-likeness (QED) is 0.934. The monoisotopic (exact) mass is 314 g/mol. The van der Waals surface area contributed by atoms with Crippen molar-refractivity contribution in [2.75, 3.05) is 20.8 Å². The normalized spacial score (nSPS) is 13.4. The lowest BCUT2D eigenvalue weighted by molar-refractivity contribution is 0.0732. The Bertz CT molecular complexity index is 797. The first-order valence-electron chi connectivity index (χ1n) is 7.34. The number of carbonyl (C=O) groups excluding carboxylic acids is 1. The standard InChI is InChI=1S/C17H18N2O4/c1-22-14-8-11-5-7-19(10-12(11)9-15(14)23-2)17(21)13-4-3-6-18-16(13)20/h3-4,6,8-9H,5,7,10H2,1-2H3,(H,18,20). The van der Waals surface area contributed by atoms with Gasteiger partial charge in [0, 0.05) is 19.3 Å². The van der Waals surface area contributed by atoms with E-state index >= 15 is 0 Å². The summed E-state index contributed by atoms with van der Waals surface area (Å²) in [5.41, 5.74) is 1.94. The summed E-state index contributed by atoms with van der Waals surface area (Å²) >= 11 is 0. The number of hydrogen-bond acceptors (Lipinski definition) is 4. The summed E-state index contributed by atoms with van der Waals surface area (Å²) in [6.45, 7) is 1.01. The maximum absolute atomic E-state index is 12.6. The molecule has 120 valence electrons. The lowest BCUT2D eigenvalue weighted by atomic mass is 9.98. The maximum Gasteiger partial charge on any atom is 0.260 e. The second-order valence-corrected chi connectivity index (χ2v) is 5.37. The number of methoxy groups -OCH3 is 2. The molecule has 1 aliphatic rings. The molecule has 6 nitrogen and oxygen atoms in total. The zero-order valence-corrected chi connectivity index (χ0v) is 13.1. The molecule has 1 N–H and O–H groups in total. The SMILES string of the molecule is COc1cc2c(cc1OC)CN(C(=O)c1ccc[nH]c1=O)CC2. The van der Waals surface area contributed by atoms with E-state index in [0.717, 1.165) is 11.1 Å². The third-order valence-corrected chi connectivity index (χ3v) is 4.05. The van der Waals surface area contributed by atoms with Crippen LogP contribution in [-0.4, -0.2) is 36.6 Å². The number of aromatic nitrogens is 1. The highest BCUT2D eigenvalue weighted by atomic mass is 16.5. The van der Waals surface area contributed by atoms with Gasteiger partial charge in [-0.25, -0.2) is 0 Å². The predicted molar refractivity (Wildman–Crippen MR) is 85.1 cm³/mol. The maximum atomic E-state index is 12.6. The molecular formula is C17H18N2O4. The number of benzene rings is 1. The summed E-state index contributed by atoms with van der Waals surface area (Å²) < 4.78 is 10.6. The van der Waals surface area contributed by atoms with Crippen molar-refractivity contribution in [2.45, 2.75) is 13.0 Å². The molecule has 0 unspecified atom stereocenters. The van der Waals surface area contributed by atoms with Gasteiger partial charge in [-0.1, -0.05) is 0 Å². The first-order valence-corrected chi connectivity index (χ1v) is 7.34. The van der Waals surface area contributed by atoms with Crippen molar-refractivity contribution in [3.8, 4) is 11.5 Å². The molecule has 0 aliphatic carbocycles. The lowest BCUT2D eigenvalue weighted by Gasteiger charge is -2.29. The molecule has 0 radical (unpaired) electrons. The van der Waals surface area contributed by atoms with Crippen molar-refractivity contribution in [2.24, 2.45) is 0 Å². The van der Waals surface area contributed by atoms with E-state index in [0.29, 0.717) is 31.0 Å². The molecule has 0 fully saturated rings. The minimum Gasteiger partial charge on any atom is -0.493 e. The van der Waals surface area contributed by atoms with Crippen LogP contribution in [0.25, 0.3) is 0 Å². The zero-order valence-electron chi connectivity index (χ0n) is 13.1. The number of H-pyrrole nitrogens is 1. The smallest absolute Gasteiger partial charge is 0.260 e. The van der Waals surface area contributed by atoms with Crippen LogP contribution in [0, 0.1) is 0 Å². The minimum absolute atomic E-state index is 0.163. The number of hydrogen-bond donors (Lipinski definition) is 1. The van der Waals surface area contributed by atoms with Crippen LogP contribution < -0.4 is 15.0 Å². The molecule has 0 spiro atoms. The summed E-state index contributed by atoms with van der Waals surface area (Å²) in [6.07, 6.45) is 2.23. The first-order chi connectivity index (χ1) is 11.1. The third-order valence-electron chi connectivity index (χ3n) is 4.05. The van der Waals surface area contributed by atoms with Gasteiger partial charge < -0.3 is 19.4 Å². The molecule has 0 saturated heterocycles. The van der Waals surface area contributed by atoms with Gasteiger partial charge >= 0.3 is 0 Å².